The van der Waals surface area contributed by atoms with E-state index in [1.54, 1.807) is 18.1 Å². The first-order valence-electron chi connectivity index (χ1n) is 7.85. The highest BCUT2D eigenvalue weighted by Crippen LogP contribution is 2.48. The summed E-state index contributed by atoms with van der Waals surface area (Å²) in [5.74, 6) is 0.0354. The van der Waals surface area contributed by atoms with E-state index in [1.807, 2.05) is 59.8 Å². The third kappa shape index (κ3) is 2.94. The summed E-state index contributed by atoms with van der Waals surface area (Å²) in [6.07, 6.45) is 1.64. The van der Waals surface area contributed by atoms with Crippen LogP contribution < -0.4 is 4.90 Å². The standard InChI is InChI=1S/C18H16N4OS2/c1-12(24-18-20-19-11-21(18)2)17(23)22-13-7-3-5-9-15(13)25-16-10-6-4-8-14(16)22/h3-12H,1-2H3. The van der Waals surface area contributed by atoms with Crippen molar-refractivity contribution < 1.29 is 4.79 Å². The number of hydrogen-bond donors (Lipinski definition) is 0. The fraction of sp³-hybridized carbons (Fsp3) is 0.167. The first-order valence-corrected chi connectivity index (χ1v) is 9.55. The Morgan fingerprint density at radius 1 is 1.08 bits per heavy atom. The zero-order chi connectivity index (χ0) is 17.4. The molecule has 1 aliphatic heterocycles. The minimum Gasteiger partial charge on any atom is -0.312 e. The predicted octanol–water partition coefficient (Wildman–Crippen LogP) is 4.13. The number of para-hydroxylation sites is 2. The van der Waals surface area contributed by atoms with Crippen molar-refractivity contribution in [1.82, 2.24) is 14.8 Å². The molecule has 4 rings (SSSR count). The van der Waals surface area contributed by atoms with Gasteiger partial charge in [0.05, 0.1) is 16.6 Å². The number of aryl methyl sites for hydroxylation is 1. The molecule has 1 aliphatic rings. The van der Waals surface area contributed by atoms with Crippen LogP contribution in [0.3, 0.4) is 0 Å². The van der Waals surface area contributed by atoms with Crippen LogP contribution in [0.2, 0.25) is 0 Å². The molecule has 3 aromatic rings. The van der Waals surface area contributed by atoms with Crippen molar-refractivity contribution in [3.63, 3.8) is 0 Å². The maximum Gasteiger partial charge on any atom is 0.244 e. The predicted molar refractivity (Wildman–Crippen MR) is 100 cm³/mol. The fourth-order valence-electron chi connectivity index (χ4n) is 2.71. The van der Waals surface area contributed by atoms with Crippen LogP contribution in [-0.4, -0.2) is 25.9 Å². The number of anilines is 2. The summed E-state index contributed by atoms with van der Waals surface area (Å²) in [6, 6.07) is 16.0. The van der Waals surface area contributed by atoms with E-state index in [-0.39, 0.29) is 11.2 Å². The monoisotopic (exact) mass is 368 g/mol. The lowest BCUT2D eigenvalue weighted by Crippen LogP contribution is -2.34. The summed E-state index contributed by atoms with van der Waals surface area (Å²) in [5.41, 5.74) is 1.86. The Balaban J connectivity index is 1.71. The number of fused-ring (bicyclic) bond motifs is 2. The summed E-state index contributed by atoms with van der Waals surface area (Å²) in [4.78, 5) is 17.3. The van der Waals surface area contributed by atoms with E-state index in [1.165, 1.54) is 11.8 Å². The lowest BCUT2D eigenvalue weighted by Gasteiger charge is -2.32. The Kier molecular flexibility index (Phi) is 4.27. The molecule has 0 saturated heterocycles. The molecule has 2 aromatic carbocycles. The summed E-state index contributed by atoms with van der Waals surface area (Å²) >= 11 is 3.12. The normalized spacial score (nSPS) is 13.9. The van der Waals surface area contributed by atoms with Crippen molar-refractivity contribution in [2.45, 2.75) is 27.1 Å². The van der Waals surface area contributed by atoms with E-state index in [9.17, 15) is 4.79 Å². The van der Waals surface area contributed by atoms with Gasteiger partial charge in [-0.2, -0.15) is 0 Å². The Morgan fingerprint density at radius 3 is 2.24 bits per heavy atom. The molecule has 126 valence electrons. The number of carbonyl (C=O) groups is 1. The van der Waals surface area contributed by atoms with Crippen molar-refractivity contribution >= 4 is 40.8 Å². The quantitative estimate of drug-likeness (QED) is 0.651. The van der Waals surface area contributed by atoms with Gasteiger partial charge in [-0.1, -0.05) is 47.8 Å². The minimum atomic E-state index is -0.285. The zero-order valence-electron chi connectivity index (χ0n) is 13.8. The highest BCUT2D eigenvalue weighted by atomic mass is 32.2. The Morgan fingerprint density at radius 2 is 1.68 bits per heavy atom. The van der Waals surface area contributed by atoms with Crippen molar-refractivity contribution in [2.75, 3.05) is 4.90 Å². The summed E-state index contributed by atoms with van der Waals surface area (Å²) in [5, 5.41) is 8.40. The van der Waals surface area contributed by atoms with E-state index in [4.69, 9.17) is 0 Å². The van der Waals surface area contributed by atoms with Crippen LogP contribution in [0.1, 0.15) is 6.92 Å². The molecule has 0 spiro atoms. The minimum absolute atomic E-state index is 0.0354. The van der Waals surface area contributed by atoms with Crippen molar-refractivity contribution in [1.29, 1.82) is 0 Å². The number of thioether (sulfide) groups is 1. The summed E-state index contributed by atoms with van der Waals surface area (Å²) in [7, 11) is 1.88. The van der Waals surface area contributed by atoms with Gasteiger partial charge in [-0.25, -0.2) is 0 Å². The highest BCUT2D eigenvalue weighted by Gasteiger charge is 2.31. The van der Waals surface area contributed by atoms with E-state index in [2.05, 4.69) is 22.3 Å². The van der Waals surface area contributed by atoms with Crippen molar-refractivity contribution in [3.8, 4) is 0 Å². The molecule has 0 N–H and O–H groups in total. The van der Waals surface area contributed by atoms with Crippen molar-refractivity contribution in [2.24, 2.45) is 7.05 Å². The maximum absolute atomic E-state index is 13.3. The molecule has 1 amide bonds. The van der Waals surface area contributed by atoms with E-state index in [0.717, 1.165) is 26.3 Å². The van der Waals surface area contributed by atoms with Gasteiger partial charge in [-0.05, 0) is 31.2 Å². The molecular weight excluding hydrogens is 352 g/mol. The first-order chi connectivity index (χ1) is 12.1. The molecule has 0 fully saturated rings. The number of aromatic nitrogens is 3. The van der Waals surface area contributed by atoms with Gasteiger partial charge in [0.25, 0.3) is 0 Å². The average Bonchev–Trinajstić information content (AvgIpc) is 3.03. The van der Waals surface area contributed by atoms with Gasteiger partial charge in [0, 0.05) is 16.8 Å². The fourth-order valence-corrected chi connectivity index (χ4v) is 4.60. The van der Waals surface area contributed by atoms with Gasteiger partial charge < -0.3 is 4.57 Å². The number of hydrogen-bond acceptors (Lipinski definition) is 5. The average molecular weight is 368 g/mol. The number of benzene rings is 2. The largest absolute Gasteiger partial charge is 0.312 e. The second kappa shape index (κ2) is 6.57. The Bertz CT molecular complexity index is 895. The van der Waals surface area contributed by atoms with Gasteiger partial charge in [0.1, 0.15) is 6.33 Å². The van der Waals surface area contributed by atoms with Gasteiger partial charge >= 0.3 is 0 Å². The molecule has 0 bridgehead atoms. The van der Waals surface area contributed by atoms with E-state index < -0.39 is 0 Å². The first kappa shape index (κ1) is 16.2. The second-order valence-electron chi connectivity index (χ2n) is 5.70. The van der Waals surface area contributed by atoms with E-state index >= 15 is 0 Å². The van der Waals surface area contributed by atoms with Crippen LogP contribution >= 0.6 is 23.5 Å². The van der Waals surface area contributed by atoms with Gasteiger partial charge in [-0.3, -0.25) is 9.69 Å². The molecular formula is C18H16N4OS2. The summed E-state index contributed by atoms with van der Waals surface area (Å²) in [6.45, 7) is 1.91. The second-order valence-corrected chi connectivity index (χ2v) is 8.09. The van der Waals surface area contributed by atoms with Crippen LogP contribution in [0.5, 0.6) is 0 Å². The van der Waals surface area contributed by atoms with Gasteiger partial charge in [0.15, 0.2) is 5.16 Å². The van der Waals surface area contributed by atoms with Crippen LogP contribution in [0.15, 0.2) is 69.8 Å². The van der Waals surface area contributed by atoms with E-state index in [0.29, 0.717) is 0 Å². The Hall–Kier alpha value is -2.25. The lowest BCUT2D eigenvalue weighted by atomic mass is 10.2. The molecule has 2 heterocycles. The van der Waals surface area contributed by atoms with Crippen LogP contribution in [-0.2, 0) is 11.8 Å². The molecule has 1 atom stereocenters. The maximum atomic E-state index is 13.3. The lowest BCUT2D eigenvalue weighted by molar-refractivity contribution is -0.117. The Labute approximate surface area is 154 Å². The topological polar surface area (TPSA) is 51.0 Å². The third-order valence-corrected chi connectivity index (χ3v) is 6.22. The molecule has 25 heavy (non-hydrogen) atoms. The molecule has 1 aromatic heterocycles. The van der Waals surface area contributed by atoms with Gasteiger partial charge in [-0.15, -0.1) is 10.2 Å². The smallest absolute Gasteiger partial charge is 0.244 e. The summed E-state index contributed by atoms with van der Waals surface area (Å²) < 4.78 is 1.82. The van der Waals surface area contributed by atoms with Crippen molar-refractivity contribution in [3.05, 3.63) is 54.9 Å². The molecule has 0 aliphatic carbocycles. The number of amides is 1. The van der Waals surface area contributed by atoms with Crippen LogP contribution in [0.25, 0.3) is 0 Å². The number of carbonyl (C=O) groups excluding carboxylic acids is 1. The van der Waals surface area contributed by atoms with Gasteiger partial charge in [0.2, 0.25) is 5.91 Å². The van der Waals surface area contributed by atoms with Crippen LogP contribution in [0, 0.1) is 0 Å². The zero-order valence-corrected chi connectivity index (χ0v) is 15.4. The highest BCUT2D eigenvalue weighted by molar-refractivity contribution is 8.00. The molecule has 7 heteroatoms. The third-order valence-electron chi connectivity index (χ3n) is 3.95. The molecule has 5 nitrogen and oxygen atoms in total. The molecule has 0 radical (unpaired) electrons. The number of rotatable bonds is 3. The molecule has 1 unspecified atom stereocenters. The number of nitrogens with zero attached hydrogens (tertiary/aromatic N) is 4. The van der Waals surface area contributed by atoms with Crippen LogP contribution in [0.4, 0.5) is 11.4 Å². The molecule has 0 saturated carbocycles. The SMILES string of the molecule is CC(Sc1nncn1C)C(=O)N1c2ccccc2Sc2ccccc21.